The lowest BCUT2D eigenvalue weighted by atomic mass is 9.96. The van der Waals surface area contributed by atoms with Gasteiger partial charge in [-0.25, -0.2) is 9.18 Å². The molecule has 0 aliphatic carbocycles. The summed E-state index contributed by atoms with van der Waals surface area (Å²) >= 11 is 11.9. The molecule has 0 aromatic heterocycles. The van der Waals surface area contributed by atoms with E-state index in [1.54, 1.807) is 0 Å². The van der Waals surface area contributed by atoms with E-state index in [1.165, 1.54) is 19.2 Å². The quantitative estimate of drug-likeness (QED) is 0.621. The van der Waals surface area contributed by atoms with Crippen LogP contribution in [0.5, 0.6) is 5.75 Å². The zero-order valence-corrected chi connectivity index (χ0v) is 13.2. The van der Waals surface area contributed by atoms with Gasteiger partial charge in [0.15, 0.2) is 17.3 Å². The van der Waals surface area contributed by atoms with Crippen LogP contribution in [0.1, 0.15) is 18.0 Å². The highest BCUT2D eigenvalue weighted by Crippen LogP contribution is 2.39. The SMILES string of the molecule is COC(=O)C1=CC(=O)CC(c2ccc(Cl)c(OC)c2F)N1Cl. The van der Waals surface area contributed by atoms with Crippen molar-refractivity contribution in [2.75, 3.05) is 14.2 Å². The van der Waals surface area contributed by atoms with E-state index < -0.39 is 17.8 Å². The number of allylic oxidation sites excluding steroid dienone is 1. The summed E-state index contributed by atoms with van der Waals surface area (Å²) in [6, 6.07) is 1.96. The van der Waals surface area contributed by atoms with Crippen molar-refractivity contribution in [2.24, 2.45) is 0 Å². The first kappa shape index (κ1) is 16.6. The van der Waals surface area contributed by atoms with Crippen LogP contribution in [0.3, 0.4) is 0 Å². The Bertz CT molecular complexity index is 662. The van der Waals surface area contributed by atoms with Crippen molar-refractivity contribution >= 4 is 35.1 Å². The molecule has 1 atom stereocenters. The second-order valence-corrected chi connectivity index (χ2v) is 5.27. The summed E-state index contributed by atoms with van der Waals surface area (Å²) in [6.07, 6.45) is 0.978. The fourth-order valence-corrected chi connectivity index (χ4v) is 2.70. The lowest BCUT2D eigenvalue weighted by Gasteiger charge is -2.31. The monoisotopic (exact) mass is 347 g/mol. The maximum Gasteiger partial charge on any atom is 0.355 e. The van der Waals surface area contributed by atoms with E-state index in [2.05, 4.69) is 4.74 Å². The second-order valence-electron chi connectivity index (χ2n) is 4.50. The Balaban J connectivity index is 2.48. The van der Waals surface area contributed by atoms with Gasteiger partial charge in [-0.2, -0.15) is 0 Å². The van der Waals surface area contributed by atoms with E-state index >= 15 is 0 Å². The summed E-state index contributed by atoms with van der Waals surface area (Å²) in [5.74, 6) is -2.03. The molecule has 1 aromatic carbocycles. The van der Waals surface area contributed by atoms with Gasteiger partial charge < -0.3 is 9.47 Å². The van der Waals surface area contributed by atoms with Crippen LogP contribution in [0.25, 0.3) is 0 Å². The van der Waals surface area contributed by atoms with Crippen molar-refractivity contribution in [1.82, 2.24) is 4.42 Å². The van der Waals surface area contributed by atoms with Crippen molar-refractivity contribution < 1.29 is 23.5 Å². The zero-order valence-electron chi connectivity index (χ0n) is 11.7. The van der Waals surface area contributed by atoms with Gasteiger partial charge in [0, 0.05) is 29.8 Å². The Morgan fingerprint density at radius 3 is 2.68 bits per heavy atom. The first-order chi connectivity index (χ1) is 10.4. The molecule has 0 spiro atoms. The molecule has 1 aromatic rings. The van der Waals surface area contributed by atoms with Gasteiger partial charge in [0.2, 0.25) is 0 Å². The predicted octanol–water partition coefficient (Wildman–Crippen LogP) is 3.01. The lowest BCUT2D eigenvalue weighted by Crippen LogP contribution is -2.31. The molecule has 8 heteroatoms. The summed E-state index contributed by atoms with van der Waals surface area (Å²) in [5, 5.41) is 0.0933. The number of ketones is 1. The topological polar surface area (TPSA) is 55.8 Å². The summed E-state index contributed by atoms with van der Waals surface area (Å²) in [7, 11) is 2.44. The number of nitrogens with zero attached hydrogens (tertiary/aromatic N) is 1. The molecule has 0 bridgehead atoms. The minimum atomic E-state index is -0.876. The summed E-state index contributed by atoms with van der Waals surface area (Å²) in [6.45, 7) is 0. The Kier molecular flexibility index (Phi) is 4.93. The minimum Gasteiger partial charge on any atom is -0.492 e. The first-order valence-corrected chi connectivity index (χ1v) is 6.92. The van der Waals surface area contributed by atoms with Crippen LogP contribution in [0.4, 0.5) is 4.39 Å². The van der Waals surface area contributed by atoms with E-state index in [0.717, 1.165) is 17.6 Å². The zero-order chi connectivity index (χ0) is 16.4. The molecule has 1 aliphatic heterocycles. The number of rotatable bonds is 3. The van der Waals surface area contributed by atoms with E-state index in [0.29, 0.717) is 0 Å². The number of methoxy groups -OCH3 is 2. The summed E-state index contributed by atoms with van der Waals surface area (Å²) in [5.41, 5.74) is -0.0576. The molecular formula is C14H12Cl2FNO4. The number of carbonyl (C=O) groups excluding carboxylic acids is 2. The summed E-state index contributed by atoms with van der Waals surface area (Å²) in [4.78, 5) is 23.5. The van der Waals surface area contributed by atoms with Crippen LogP contribution in [-0.4, -0.2) is 30.4 Å². The smallest absolute Gasteiger partial charge is 0.355 e. The average molecular weight is 348 g/mol. The number of carbonyl (C=O) groups is 2. The van der Waals surface area contributed by atoms with Crippen molar-refractivity contribution in [3.05, 3.63) is 40.3 Å². The normalized spacial score (nSPS) is 18.0. The number of ether oxygens (including phenoxy) is 2. The van der Waals surface area contributed by atoms with Crippen molar-refractivity contribution in [3.8, 4) is 5.75 Å². The molecular weight excluding hydrogens is 336 g/mol. The number of esters is 1. The molecule has 1 heterocycles. The first-order valence-electron chi connectivity index (χ1n) is 6.20. The maximum atomic E-state index is 14.5. The van der Waals surface area contributed by atoms with E-state index in [9.17, 15) is 14.0 Å². The lowest BCUT2D eigenvalue weighted by molar-refractivity contribution is -0.138. The minimum absolute atomic E-state index is 0.0916. The molecule has 0 saturated heterocycles. The average Bonchev–Trinajstić information content (AvgIpc) is 2.49. The van der Waals surface area contributed by atoms with Crippen molar-refractivity contribution in [3.63, 3.8) is 0 Å². The largest absolute Gasteiger partial charge is 0.492 e. The molecule has 5 nitrogen and oxygen atoms in total. The Morgan fingerprint density at radius 1 is 1.41 bits per heavy atom. The molecule has 22 heavy (non-hydrogen) atoms. The van der Waals surface area contributed by atoms with Crippen LogP contribution in [0, 0.1) is 5.82 Å². The van der Waals surface area contributed by atoms with Crippen LogP contribution < -0.4 is 4.74 Å². The maximum absolute atomic E-state index is 14.5. The highest BCUT2D eigenvalue weighted by molar-refractivity contribution is 6.32. The molecule has 1 unspecified atom stereocenters. The van der Waals surface area contributed by atoms with Gasteiger partial charge in [-0.15, -0.1) is 0 Å². The fraction of sp³-hybridized carbons (Fsp3) is 0.286. The highest BCUT2D eigenvalue weighted by atomic mass is 35.5. The van der Waals surface area contributed by atoms with Gasteiger partial charge in [-0.1, -0.05) is 17.7 Å². The van der Waals surface area contributed by atoms with E-state index in [4.69, 9.17) is 28.1 Å². The standard InChI is InChI=1S/C14H12Cl2FNO4/c1-21-13-9(15)4-3-8(12(13)17)10-5-7(19)6-11(18(10)16)14(20)22-2/h3-4,6,10H,5H2,1-2H3. The van der Waals surface area contributed by atoms with Crippen LogP contribution in [-0.2, 0) is 14.3 Å². The highest BCUT2D eigenvalue weighted by Gasteiger charge is 2.35. The van der Waals surface area contributed by atoms with Crippen molar-refractivity contribution in [2.45, 2.75) is 12.5 Å². The molecule has 0 amide bonds. The number of halogens is 3. The molecule has 1 aliphatic rings. The molecule has 0 radical (unpaired) electrons. The molecule has 0 N–H and O–H groups in total. The van der Waals surface area contributed by atoms with Crippen molar-refractivity contribution in [1.29, 1.82) is 0 Å². The molecule has 118 valence electrons. The van der Waals surface area contributed by atoms with Crippen LogP contribution in [0.15, 0.2) is 23.9 Å². The Morgan fingerprint density at radius 2 is 2.09 bits per heavy atom. The Hall–Kier alpha value is -1.79. The number of hydrogen-bond donors (Lipinski definition) is 0. The van der Waals surface area contributed by atoms with Gasteiger partial charge in [-0.3, -0.25) is 9.21 Å². The fourth-order valence-electron chi connectivity index (χ4n) is 2.19. The Labute approximate surface area is 136 Å². The third-order valence-corrected chi connectivity index (χ3v) is 3.95. The van der Waals surface area contributed by atoms with Gasteiger partial charge in [0.1, 0.15) is 5.70 Å². The van der Waals surface area contributed by atoms with E-state index in [1.807, 2.05) is 0 Å². The molecule has 2 rings (SSSR count). The van der Waals surface area contributed by atoms with Gasteiger partial charge in [-0.05, 0) is 6.07 Å². The van der Waals surface area contributed by atoms with Crippen LogP contribution >= 0.6 is 23.4 Å². The second kappa shape index (κ2) is 6.54. The predicted molar refractivity (Wildman–Crippen MR) is 78.1 cm³/mol. The van der Waals surface area contributed by atoms with Gasteiger partial charge >= 0.3 is 5.97 Å². The molecule has 0 saturated carbocycles. The molecule has 0 fully saturated rings. The van der Waals surface area contributed by atoms with E-state index in [-0.39, 0.29) is 34.2 Å². The third-order valence-electron chi connectivity index (χ3n) is 3.23. The summed E-state index contributed by atoms with van der Waals surface area (Å²) < 4.78 is 24.9. The van der Waals surface area contributed by atoms with Gasteiger partial charge in [0.25, 0.3) is 0 Å². The van der Waals surface area contributed by atoms with Gasteiger partial charge in [0.05, 0.1) is 25.3 Å². The van der Waals surface area contributed by atoms with Crippen LogP contribution in [0.2, 0.25) is 5.02 Å². The number of hydrogen-bond acceptors (Lipinski definition) is 5. The third kappa shape index (κ3) is 2.89. The number of benzene rings is 1.